The Balaban J connectivity index is 1.47. The largest absolute Gasteiger partial charge is 0.392 e. The molecular formula is C25H27N3O4S. The predicted octanol–water partition coefficient (Wildman–Crippen LogP) is 3.64. The summed E-state index contributed by atoms with van der Waals surface area (Å²) in [6.07, 6.45) is 0. The van der Waals surface area contributed by atoms with Crippen LogP contribution in [-0.2, 0) is 35.3 Å². The van der Waals surface area contributed by atoms with Crippen LogP contribution in [-0.4, -0.2) is 19.6 Å². The molecule has 3 aromatic carbocycles. The first-order valence-electron chi connectivity index (χ1n) is 10.8. The summed E-state index contributed by atoms with van der Waals surface area (Å²) < 4.78 is 26.0. The van der Waals surface area contributed by atoms with Crippen LogP contribution in [0.5, 0.6) is 0 Å². The highest BCUT2D eigenvalue weighted by molar-refractivity contribution is 7.90. The van der Waals surface area contributed by atoms with E-state index in [0.29, 0.717) is 11.3 Å². The normalized spacial score (nSPS) is 13.9. The maximum atomic E-state index is 13.0. The zero-order valence-corrected chi connectivity index (χ0v) is 19.2. The van der Waals surface area contributed by atoms with Gasteiger partial charge in [-0.15, -0.1) is 0 Å². The lowest BCUT2D eigenvalue weighted by molar-refractivity contribution is 0.249. The van der Waals surface area contributed by atoms with Crippen LogP contribution in [0.2, 0.25) is 0 Å². The number of hydrogen-bond acceptors (Lipinski definition) is 5. The van der Waals surface area contributed by atoms with Crippen LogP contribution in [0.1, 0.15) is 40.8 Å². The number of carbonyl (C=O) groups is 1. The number of aliphatic hydroxyl groups is 1. The van der Waals surface area contributed by atoms with Gasteiger partial charge in [0, 0.05) is 24.3 Å². The van der Waals surface area contributed by atoms with Gasteiger partial charge in [0.2, 0.25) is 0 Å². The highest BCUT2D eigenvalue weighted by Gasteiger charge is 2.20. The van der Waals surface area contributed by atoms with Crippen molar-refractivity contribution in [2.24, 2.45) is 0 Å². The molecule has 1 atom stereocenters. The summed E-state index contributed by atoms with van der Waals surface area (Å²) in [6, 6.07) is 19.0. The van der Waals surface area contributed by atoms with Gasteiger partial charge in [-0.1, -0.05) is 48.5 Å². The fourth-order valence-electron chi connectivity index (χ4n) is 3.94. The number of benzene rings is 3. The first-order valence-corrected chi connectivity index (χ1v) is 12.4. The van der Waals surface area contributed by atoms with Crippen LogP contribution in [0.25, 0.3) is 0 Å². The van der Waals surface area contributed by atoms with Crippen molar-refractivity contribution in [1.29, 1.82) is 0 Å². The lowest BCUT2D eigenvalue weighted by Crippen LogP contribution is -2.31. The van der Waals surface area contributed by atoms with E-state index in [2.05, 4.69) is 16.0 Å². The summed E-state index contributed by atoms with van der Waals surface area (Å²) in [5.41, 5.74) is 4.68. The number of amides is 2. The molecule has 3 aromatic rings. The predicted molar refractivity (Wildman–Crippen MR) is 127 cm³/mol. The van der Waals surface area contributed by atoms with E-state index in [1.165, 1.54) is 23.8 Å². The van der Waals surface area contributed by atoms with E-state index in [-0.39, 0.29) is 16.7 Å². The number of urea groups is 1. The monoisotopic (exact) mass is 465 g/mol. The number of rotatable bonds is 7. The lowest BCUT2D eigenvalue weighted by Gasteiger charge is -2.17. The number of anilines is 1. The smallest absolute Gasteiger partial charge is 0.319 e. The van der Waals surface area contributed by atoms with E-state index in [1.54, 1.807) is 0 Å². The van der Waals surface area contributed by atoms with Gasteiger partial charge in [-0.05, 0) is 47.4 Å². The van der Waals surface area contributed by atoms with Crippen molar-refractivity contribution >= 4 is 21.6 Å². The van der Waals surface area contributed by atoms with Gasteiger partial charge in [-0.2, -0.15) is 0 Å². The van der Waals surface area contributed by atoms with Crippen molar-refractivity contribution < 1.29 is 18.3 Å². The Morgan fingerprint density at radius 2 is 1.79 bits per heavy atom. The average Bonchev–Trinajstić information content (AvgIpc) is 3.27. The van der Waals surface area contributed by atoms with Crippen molar-refractivity contribution in [3.8, 4) is 0 Å². The summed E-state index contributed by atoms with van der Waals surface area (Å²) in [4.78, 5) is 12.6. The average molecular weight is 466 g/mol. The van der Waals surface area contributed by atoms with Gasteiger partial charge >= 0.3 is 6.03 Å². The van der Waals surface area contributed by atoms with Crippen molar-refractivity contribution in [1.82, 2.24) is 10.6 Å². The summed E-state index contributed by atoms with van der Waals surface area (Å²) in [5, 5.41) is 18.6. The minimum Gasteiger partial charge on any atom is -0.392 e. The maximum Gasteiger partial charge on any atom is 0.319 e. The topological polar surface area (TPSA) is 108 Å². The third-order valence-electron chi connectivity index (χ3n) is 5.76. The van der Waals surface area contributed by atoms with Crippen LogP contribution in [0.4, 0.5) is 10.5 Å². The number of sulfone groups is 1. The van der Waals surface area contributed by atoms with Gasteiger partial charge in [-0.3, -0.25) is 0 Å². The SMILES string of the molecule is CC(NC(=O)Nc1ccc(S(=O)(=O)Cc2ccc3c(c2)CNC3)cc1CO)c1ccccc1. The van der Waals surface area contributed by atoms with Crippen molar-refractivity contribution in [2.45, 2.75) is 43.3 Å². The van der Waals surface area contributed by atoms with Crippen LogP contribution in [0, 0.1) is 0 Å². The van der Waals surface area contributed by atoms with E-state index in [1.807, 2.05) is 55.5 Å². The summed E-state index contributed by atoms with van der Waals surface area (Å²) >= 11 is 0. The Bertz CT molecular complexity index is 1260. The fraction of sp³-hybridized carbons (Fsp3) is 0.240. The molecule has 7 nitrogen and oxygen atoms in total. The third-order valence-corrected chi connectivity index (χ3v) is 7.45. The molecule has 0 saturated heterocycles. The van der Waals surface area contributed by atoms with E-state index < -0.39 is 22.5 Å². The van der Waals surface area contributed by atoms with Gasteiger partial charge in [0.15, 0.2) is 9.84 Å². The van der Waals surface area contributed by atoms with Gasteiger partial charge in [0.1, 0.15) is 0 Å². The molecule has 0 aliphatic carbocycles. The fourth-order valence-corrected chi connectivity index (χ4v) is 5.32. The van der Waals surface area contributed by atoms with Crippen LogP contribution in [0.15, 0.2) is 71.6 Å². The molecule has 0 bridgehead atoms. The van der Waals surface area contributed by atoms with Crippen molar-refractivity contribution in [3.05, 3.63) is 94.5 Å². The molecule has 1 aliphatic rings. The molecule has 0 radical (unpaired) electrons. The Kier molecular flexibility index (Phi) is 6.78. The van der Waals surface area contributed by atoms with Gasteiger partial charge in [-0.25, -0.2) is 13.2 Å². The minimum absolute atomic E-state index is 0.105. The molecule has 8 heteroatoms. The highest BCUT2D eigenvalue weighted by atomic mass is 32.2. The highest BCUT2D eigenvalue weighted by Crippen LogP contribution is 2.25. The first-order chi connectivity index (χ1) is 15.9. The molecule has 1 aliphatic heterocycles. The summed E-state index contributed by atoms with van der Waals surface area (Å²) in [6.45, 7) is 3.00. The number of fused-ring (bicyclic) bond motifs is 1. The van der Waals surface area contributed by atoms with Gasteiger partial charge in [0.05, 0.1) is 23.3 Å². The molecule has 33 heavy (non-hydrogen) atoms. The number of aliphatic hydroxyl groups excluding tert-OH is 1. The zero-order chi connectivity index (χ0) is 23.4. The molecule has 0 saturated carbocycles. The Labute approximate surface area is 193 Å². The van der Waals surface area contributed by atoms with Crippen molar-refractivity contribution in [2.75, 3.05) is 5.32 Å². The second kappa shape index (κ2) is 9.74. The van der Waals surface area contributed by atoms with Gasteiger partial charge in [0.25, 0.3) is 0 Å². The molecule has 172 valence electrons. The Hall–Kier alpha value is -3.20. The second-order valence-electron chi connectivity index (χ2n) is 8.17. The molecule has 4 rings (SSSR count). The van der Waals surface area contributed by atoms with E-state index in [0.717, 1.165) is 29.8 Å². The number of hydrogen-bond donors (Lipinski definition) is 4. The molecule has 1 unspecified atom stereocenters. The standard InChI is InChI=1S/C25H27N3O4S/c1-17(19-5-3-2-4-6-19)27-25(30)28-24-10-9-23(12-22(24)15-29)33(31,32)16-18-7-8-20-13-26-14-21(20)11-18/h2-12,17,26,29H,13-16H2,1H3,(H2,27,28,30). The molecule has 0 aromatic heterocycles. The van der Waals surface area contributed by atoms with Crippen molar-refractivity contribution in [3.63, 3.8) is 0 Å². The summed E-state index contributed by atoms with van der Waals surface area (Å²) in [7, 11) is -3.62. The zero-order valence-electron chi connectivity index (χ0n) is 18.3. The van der Waals surface area contributed by atoms with Crippen LogP contribution in [0.3, 0.4) is 0 Å². The number of carbonyl (C=O) groups excluding carboxylic acids is 1. The van der Waals surface area contributed by atoms with Gasteiger partial charge < -0.3 is 21.1 Å². The molecule has 2 amide bonds. The van der Waals surface area contributed by atoms with E-state index in [9.17, 15) is 18.3 Å². The minimum atomic E-state index is -3.62. The molecule has 4 N–H and O–H groups in total. The Morgan fingerprint density at radius 1 is 1.03 bits per heavy atom. The first kappa shape index (κ1) is 23.0. The van der Waals surface area contributed by atoms with Crippen LogP contribution >= 0.6 is 0 Å². The lowest BCUT2D eigenvalue weighted by atomic mass is 10.1. The third kappa shape index (κ3) is 5.42. The quantitative estimate of drug-likeness (QED) is 0.426. The maximum absolute atomic E-state index is 13.0. The van der Waals surface area contributed by atoms with E-state index >= 15 is 0 Å². The van der Waals surface area contributed by atoms with E-state index in [4.69, 9.17) is 0 Å². The molecule has 0 spiro atoms. The molecule has 0 fully saturated rings. The van der Waals surface area contributed by atoms with Crippen LogP contribution < -0.4 is 16.0 Å². The Morgan fingerprint density at radius 3 is 2.55 bits per heavy atom. The summed E-state index contributed by atoms with van der Waals surface area (Å²) in [5.74, 6) is -0.132. The second-order valence-corrected chi connectivity index (χ2v) is 10.2. The number of nitrogens with one attached hydrogen (secondary N) is 3. The molecule has 1 heterocycles. The molecular weight excluding hydrogens is 438 g/mol.